The van der Waals surface area contributed by atoms with E-state index in [1.807, 2.05) is 18.3 Å². The summed E-state index contributed by atoms with van der Waals surface area (Å²) in [6.45, 7) is 7.85. The summed E-state index contributed by atoms with van der Waals surface area (Å²) < 4.78 is 0. The van der Waals surface area contributed by atoms with Crippen LogP contribution in [0.4, 0.5) is 11.6 Å². The Bertz CT molecular complexity index is 1200. The summed E-state index contributed by atoms with van der Waals surface area (Å²) in [5.74, 6) is 1.96. The lowest BCUT2D eigenvalue weighted by molar-refractivity contribution is 0.643. The largest absolute Gasteiger partial charge is 0.353 e. The maximum absolute atomic E-state index is 6.35. The summed E-state index contributed by atoms with van der Waals surface area (Å²) in [4.78, 5) is 20.6. The molecular weight excluding hydrogens is 426 g/mol. The van der Waals surface area contributed by atoms with Gasteiger partial charge >= 0.3 is 0 Å². The first-order valence-corrected chi connectivity index (χ1v) is 11.8. The van der Waals surface area contributed by atoms with Crippen molar-refractivity contribution < 1.29 is 0 Å². The summed E-state index contributed by atoms with van der Waals surface area (Å²) in [6, 6.07) is 14.9. The van der Waals surface area contributed by atoms with Gasteiger partial charge in [0, 0.05) is 42.8 Å². The van der Waals surface area contributed by atoms with Crippen molar-refractivity contribution in [2.24, 2.45) is 0 Å². The van der Waals surface area contributed by atoms with Gasteiger partial charge in [-0.2, -0.15) is 4.98 Å². The minimum atomic E-state index is 0.309. The topological polar surface area (TPSA) is 45.2 Å². The van der Waals surface area contributed by atoms with Crippen molar-refractivity contribution in [2.75, 3.05) is 36.0 Å². The molecule has 0 aliphatic carbocycles. The van der Waals surface area contributed by atoms with Crippen LogP contribution in [0, 0.1) is 6.92 Å². The van der Waals surface area contributed by atoms with Gasteiger partial charge in [0.1, 0.15) is 16.5 Å². The predicted octanol–water partition coefficient (Wildman–Crippen LogP) is 5.60. The minimum Gasteiger partial charge on any atom is -0.353 e. The van der Waals surface area contributed by atoms with Gasteiger partial charge in [-0.1, -0.05) is 37.3 Å². The summed E-state index contributed by atoms with van der Waals surface area (Å²) in [5.41, 5.74) is 3.77. The van der Waals surface area contributed by atoms with Crippen molar-refractivity contribution in [1.82, 2.24) is 15.0 Å². The van der Waals surface area contributed by atoms with Crippen molar-refractivity contribution in [3.63, 3.8) is 0 Å². The highest BCUT2D eigenvalue weighted by atomic mass is 35.5. The zero-order chi connectivity index (χ0) is 21.4. The van der Waals surface area contributed by atoms with Crippen LogP contribution in [0.15, 0.2) is 48.7 Å². The predicted molar refractivity (Wildman–Crippen MR) is 131 cm³/mol. The number of aryl methyl sites for hydroxylation is 2. The molecule has 5 rings (SSSR count). The quantitative estimate of drug-likeness (QED) is 0.379. The minimum absolute atomic E-state index is 0.309. The van der Waals surface area contributed by atoms with Gasteiger partial charge < -0.3 is 9.80 Å². The maximum Gasteiger partial charge on any atom is 0.225 e. The summed E-state index contributed by atoms with van der Waals surface area (Å²) in [5, 5.41) is 1.42. The maximum atomic E-state index is 6.35. The average Bonchev–Trinajstić information content (AvgIpc) is 3.14. The van der Waals surface area contributed by atoms with Crippen LogP contribution >= 0.6 is 22.9 Å². The molecule has 7 heteroatoms. The van der Waals surface area contributed by atoms with Gasteiger partial charge in [0.2, 0.25) is 5.28 Å². The Kier molecular flexibility index (Phi) is 5.50. The molecule has 4 heterocycles. The zero-order valence-electron chi connectivity index (χ0n) is 17.7. The van der Waals surface area contributed by atoms with Crippen LogP contribution in [0.2, 0.25) is 5.28 Å². The summed E-state index contributed by atoms with van der Waals surface area (Å²) in [6.07, 6.45) is 2.88. The lowest BCUT2D eigenvalue weighted by Crippen LogP contribution is -2.47. The Labute approximate surface area is 191 Å². The first-order valence-electron chi connectivity index (χ1n) is 10.6. The molecule has 0 N–H and O–H groups in total. The molecule has 0 saturated carbocycles. The molecule has 0 spiro atoms. The average molecular weight is 450 g/mol. The van der Waals surface area contributed by atoms with Crippen LogP contribution < -0.4 is 9.80 Å². The van der Waals surface area contributed by atoms with E-state index in [1.165, 1.54) is 21.6 Å². The molecule has 1 fully saturated rings. The Hall–Kier alpha value is -2.70. The van der Waals surface area contributed by atoms with E-state index >= 15 is 0 Å². The molecule has 0 bridgehead atoms. The third-order valence-electron chi connectivity index (χ3n) is 5.88. The Balaban J connectivity index is 1.53. The molecule has 31 heavy (non-hydrogen) atoms. The molecule has 158 valence electrons. The van der Waals surface area contributed by atoms with Crippen LogP contribution in [-0.4, -0.2) is 41.1 Å². The summed E-state index contributed by atoms with van der Waals surface area (Å²) >= 11 is 8.04. The van der Waals surface area contributed by atoms with Gasteiger partial charge in [-0.15, -0.1) is 11.3 Å². The molecule has 1 aromatic carbocycles. The second-order valence-electron chi connectivity index (χ2n) is 7.74. The monoisotopic (exact) mass is 449 g/mol. The third kappa shape index (κ3) is 3.86. The second-order valence-corrected chi connectivity index (χ2v) is 9.28. The molecule has 0 amide bonds. The number of nitrogens with zero attached hydrogens (tertiary/aromatic N) is 5. The number of piperazine rings is 1. The Morgan fingerprint density at radius 3 is 2.39 bits per heavy atom. The number of pyridine rings is 1. The molecule has 0 unspecified atom stereocenters. The number of hydrogen-bond donors (Lipinski definition) is 0. The van der Waals surface area contributed by atoms with Crippen LogP contribution in [-0.2, 0) is 6.42 Å². The number of thiophene rings is 1. The van der Waals surface area contributed by atoms with Gasteiger partial charge in [-0.05, 0) is 48.2 Å². The van der Waals surface area contributed by atoms with Crippen molar-refractivity contribution in [3.05, 3.63) is 64.4 Å². The van der Waals surface area contributed by atoms with Crippen molar-refractivity contribution in [2.45, 2.75) is 20.3 Å². The normalized spacial score (nSPS) is 14.4. The highest BCUT2D eigenvalue weighted by Crippen LogP contribution is 2.42. The molecule has 1 aliphatic rings. The molecular formula is C24H24ClN5S. The van der Waals surface area contributed by atoms with Gasteiger partial charge in [0.05, 0.1) is 5.39 Å². The lowest BCUT2D eigenvalue weighted by Gasteiger charge is -2.36. The van der Waals surface area contributed by atoms with Crippen LogP contribution in [0.1, 0.15) is 17.4 Å². The molecule has 4 aromatic rings. The van der Waals surface area contributed by atoms with Crippen molar-refractivity contribution >= 4 is 44.8 Å². The molecule has 0 radical (unpaired) electrons. The van der Waals surface area contributed by atoms with E-state index in [2.05, 4.69) is 63.9 Å². The van der Waals surface area contributed by atoms with E-state index in [4.69, 9.17) is 16.6 Å². The van der Waals surface area contributed by atoms with Crippen molar-refractivity contribution in [3.8, 4) is 11.1 Å². The lowest BCUT2D eigenvalue weighted by atomic mass is 10.0. The first kappa shape index (κ1) is 20.2. The number of benzene rings is 1. The van der Waals surface area contributed by atoms with Crippen LogP contribution in [0.25, 0.3) is 21.3 Å². The van der Waals surface area contributed by atoms with Crippen molar-refractivity contribution in [1.29, 1.82) is 0 Å². The third-order valence-corrected chi connectivity index (χ3v) is 7.05. The number of hydrogen-bond acceptors (Lipinski definition) is 6. The van der Waals surface area contributed by atoms with Crippen LogP contribution in [0.3, 0.4) is 0 Å². The fourth-order valence-electron chi connectivity index (χ4n) is 4.24. The number of halogens is 1. The van der Waals surface area contributed by atoms with E-state index in [1.54, 1.807) is 11.3 Å². The highest BCUT2D eigenvalue weighted by molar-refractivity contribution is 7.19. The second kappa shape index (κ2) is 8.44. The number of anilines is 2. The number of rotatable bonds is 4. The smallest absolute Gasteiger partial charge is 0.225 e. The van der Waals surface area contributed by atoms with E-state index in [9.17, 15) is 0 Å². The fraction of sp³-hybridized carbons (Fsp3) is 0.292. The van der Waals surface area contributed by atoms with Gasteiger partial charge in [0.25, 0.3) is 0 Å². The Morgan fingerprint density at radius 1 is 0.968 bits per heavy atom. The summed E-state index contributed by atoms with van der Waals surface area (Å²) in [7, 11) is 0. The van der Waals surface area contributed by atoms with E-state index < -0.39 is 0 Å². The van der Waals surface area contributed by atoms with Gasteiger partial charge in [-0.3, -0.25) is 0 Å². The molecule has 1 aliphatic heterocycles. The molecule has 5 nitrogen and oxygen atoms in total. The highest BCUT2D eigenvalue weighted by Gasteiger charge is 2.25. The van der Waals surface area contributed by atoms with Crippen LogP contribution in [0.5, 0.6) is 0 Å². The zero-order valence-corrected chi connectivity index (χ0v) is 19.2. The molecule has 3 aromatic heterocycles. The van der Waals surface area contributed by atoms with Gasteiger partial charge in [-0.25, -0.2) is 9.97 Å². The van der Waals surface area contributed by atoms with E-state index in [-0.39, 0.29) is 0 Å². The van der Waals surface area contributed by atoms with Gasteiger partial charge in [0.15, 0.2) is 0 Å². The van der Waals surface area contributed by atoms with E-state index in [0.717, 1.165) is 54.5 Å². The number of fused-ring (bicyclic) bond motifs is 1. The Morgan fingerprint density at radius 2 is 1.71 bits per heavy atom. The standard InChI is InChI=1S/C24H24ClN5S/c1-3-17-7-9-18(10-8-17)20-16(2)31-23-21(20)22(27-24(25)28-23)30-14-12-29(13-15-30)19-6-4-5-11-26-19/h4-11H,3,12-15H2,1-2H3. The molecule has 0 atom stereocenters. The molecule has 1 saturated heterocycles. The SMILES string of the molecule is CCc1ccc(-c2c(C)sc3nc(Cl)nc(N4CCN(c5ccccn5)CC4)c23)cc1. The number of aromatic nitrogens is 3. The fourth-order valence-corrected chi connectivity index (χ4v) is 5.49. The van der Waals surface area contributed by atoms with E-state index in [0.29, 0.717) is 5.28 Å². The first-order chi connectivity index (χ1) is 15.1.